The van der Waals surface area contributed by atoms with E-state index in [1.165, 1.54) is 12.8 Å². The Kier molecular flexibility index (Phi) is 6.26. The summed E-state index contributed by atoms with van der Waals surface area (Å²) < 4.78 is 7.89. The van der Waals surface area contributed by atoms with Gasteiger partial charge in [-0.05, 0) is 59.4 Å². The maximum absolute atomic E-state index is 10.8. The standard InChI is InChI=1S/C16H27BrN2O2/c1-11(2)12-4-6-13(7-5-12)16(20)15-14(17)10-18-19(15)8-9-21-3/h10-13,16,20H,4-9H2,1-3H3. The van der Waals surface area contributed by atoms with E-state index in [4.69, 9.17) is 4.74 Å². The smallest absolute Gasteiger partial charge is 0.0996 e. The molecule has 0 aromatic carbocycles. The molecule has 0 bridgehead atoms. The van der Waals surface area contributed by atoms with Gasteiger partial charge in [-0.3, -0.25) is 4.68 Å². The molecule has 1 saturated carbocycles. The Labute approximate surface area is 136 Å². The van der Waals surface area contributed by atoms with Gasteiger partial charge in [0.05, 0.1) is 35.6 Å². The van der Waals surface area contributed by atoms with Crippen LogP contribution in [0.5, 0.6) is 0 Å². The van der Waals surface area contributed by atoms with E-state index in [0.717, 1.165) is 34.8 Å². The molecule has 1 atom stereocenters. The number of aliphatic hydroxyl groups excluding tert-OH is 1. The number of aromatic nitrogens is 2. The van der Waals surface area contributed by atoms with Gasteiger partial charge in [0.25, 0.3) is 0 Å². The molecule has 5 heteroatoms. The Morgan fingerprint density at radius 2 is 1.95 bits per heavy atom. The van der Waals surface area contributed by atoms with Crippen LogP contribution >= 0.6 is 15.9 Å². The lowest BCUT2D eigenvalue weighted by Gasteiger charge is -2.33. The number of nitrogens with zero attached hydrogens (tertiary/aromatic N) is 2. The van der Waals surface area contributed by atoms with E-state index in [0.29, 0.717) is 19.1 Å². The number of hydrogen-bond donors (Lipinski definition) is 1. The lowest BCUT2D eigenvalue weighted by molar-refractivity contribution is 0.0580. The second kappa shape index (κ2) is 7.75. The monoisotopic (exact) mass is 358 g/mol. The van der Waals surface area contributed by atoms with Gasteiger partial charge in [-0.25, -0.2) is 0 Å². The average Bonchev–Trinajstić information content (AvgIpc) is 2.85. The lowest BCUT2D eigenvalue weighted by atomic mass is 9.75. The quantitative estimate of drug-likeness (QED) is 0.841. The SMILES string of the molecule is COCCn1ncc(Br)c1C(O)C1CCC(C(C)C)CC1. The number of hydrogen-bond acceptors (Lipinski definition) is 3. The van der Waals surface area contributed by atoms with Crippen molar-refractivity contribution in [2.24, 2.45) is 17.8 Å². The predicted octanol–water partition coefficient (Wildman–Crippen LogP) is 3.79. The summed E-state index contributed by atoms with van der Waals surface area (Å²) in [6, 6.07) is 0. The maximum atomic E-state index is 10.8. The largest absolute Gasteiger partial charge is 0.386 e. The Hall–Kier alpha value is -0.390. The lowest BCUT2D eigenvalue weighted by Crippen LogP contribution is -2.25. The zero-order valence-corrected chi connectivity index (χ0v) is 14.8. The summed E-state index contributed by atoms with van der Waals surface area (Å²) in [4.78, 5) is 0. The van der Waals surface area contributed by atoms with E-state index in [2.05, 4.69) is 34.9 Å². The molecule has 120 valence electrons. The number of rotatable bonds is 6. The second-order valence-corrected chi connectivity index (χ2v) is 7.31. The molecular formula is C16H27BrN2O2. The van der Waals surface area contributed by atoms with Crippen molar-refractivity contribution in [3.63, 3.8) is 0 Å². The molecule has 0 spiro atoms. The first-order chi connectivity index (χ1) is 10.0. The van der Waals surface area contributed by atoms with Crippen LogP contribution in [0, 0.1) is 17.8 Å². The van der Waals surface area contributed by atoms with E-state index in [1.54, 1.807) is 13.3 Å². The summed E-state index contributed by atoms with van der Waals surface area (Å²) in [6.45, 7) is 5.89. The Balaban J connectivity index is 2.03. The predicted molar refractivity (Wildman–Crippen MR) is 87.0 cm³/mol. The zero-order valence-electron chi connectivity index (χ0n) is 13.3. The summed E-state index contributed by atoms with van der Waals surface area (Å²) in [5.41, 5.74) is 0.903. The molecule has 0 aliphatic heterocycles. The van der Waals surface area contributed by atoms with Gasteiger partial charge < -0.3 is 9.84 Å². The van der Waals surface area contributed by atoms with Gasteiger partial charge in [-0.15, -0.1) is 0 Å². The molecule has 1 aliphatic rings. The Morgan fingerprint density at radius 3 is 2.52 bits per heavy atom. The van der Waals surface area contributed by atoms with Gasteiger partial charge in [0.1, 0.15) is 0 Å². The summed E-state index contributed by atoms with van der Waals surface area (Å²) in [7, 11) is 1.68. The topological polar surface area (TPSA) is 47.3 Å². The molecule has 4 nitrogen and oxygen atoms in total. The van der Waals surface area contributed by atoms with Gasteiger partial charge in [0, 0.05) is 7.11 Å². The fourth-order valence-corrected chi connectivity index (χ4v) is 3.90. The molecule has 1 aromatic heterocycles. The van der Waals surface area contributed by atoms with E-state index >= 15 is 0 Å². The normalized spacial score (nSPS) is 24.5. The molecule has 1 heterocycles. The molecule has 0 radical (unpaired) electrons. The first kappa shape index (κ1) is 17.0. The fraction of sp³-hybridized carbons (Fsp3) is 0.812. The van der Waals surface area contributed by atoms with Crippen LogP contribution < -0.4 is 0 Å². The van der Waals surface area contributed by atoms with Crippen molar-refractivity contribution < 1.29 is 9.84 Å². The number of methoxy groups -OCH3 is 1. The van der Waals surface area contributed by atoms with Gasteiger partial charge in [-0.2, -0.15) is 5.10 Å². The second-order valence-electron chi connectivity index (χ2n) is 6.46. The minimum absolute atomic E-state index is 0.342. The van der Waals surface area contributed by atoms with Crippen molar-refractivity contribution in [3.05, 3.63) is 16.4 Å². The molecule has 21 heavy (non-hydrogen) atoms. The van der Waals surface area contributed by atoms with Crippen molar-refractivity contribution >= 4 is 15.9 Å². The van der Waals surface area contributed by atoms with Gasteiger partial charge in [0.2, 0.25) is 0 Å². The molecule has 1 unspecified atom stereocenters. The third kappa shape index (κ3) is 4.08. The summed E-state index contributed by atoms with van der Waals surface area (Å²) in [6.07, 6.45) is 5.99. The Bertz CT molecular complexity index is 439. The number of aliphatic hydroxyl groups is 1. The highest BCUT2D eigenvalue weighted by molar-refractivity contribution is 9.10. The molecule has 0 saturated heterocycles. The zero-order chi connectivity index (χ0) is 15.4. The van der Waals surface area contributed by atoms with Crippen molar-refractivity contribution in [1.29, 1.82) is 0 Å². The van der Waals surface area contributed by atoms with Crippen LogP contribution in [0.3, 0.4) is 0 Å². The minimum atomic E-state index is -0.438. The Morgan fingerprint density at radius 1 is 1.33 bits per heavy atom. The van der Waals surface area contributed by atoms with E-state index in [1.807, 2.05) is 4.68 Å². The van der Waals surface area contributed by atoms with E-state index in [9.17, 15) is 5.11 Å². The van der Waals surface area contributed by atoms with Crippen LogP contribution in [0.2, 0.25) is 0 Å². The molecular weight excluding hydrogens is 332 g/mol. The summed E-state index contributed by atoms with van der Waals surface area (Å²) in [5, 5.41) is 15.1. The molecule has 2 rings (SSSR count). The molecule has 1 fully saturated rings. The first-order valence-electron chi connectivity index (χ1n) is 7.92. The minimum Gasteiger partial charge on any atom is -0.386 e. The van der Waals surface area contributed by atoms with Gasteiger partial charge in [-0.1, -0.05) is 13.8 Å². The first-order valence-corrected chi connectivity index (χ1v) is 8.72. The van der Waals surface area contributed by atoms with E-state index in [-0.39, 0.29) is 0 Å². The van der Waals surface area contributed by atoms with Crippen molar-refractivity contribution in [2.75, 3.05) is 13.7 Å². The van der Waals surface area contributed by atoms with Gasteiger partial charge in [0.15, 0.2) is 0 Å². The van der Waals surface area contributed by atoms with Crippen molar-refractivity contribution in [2.45, 2.75) is 52.2 Å². The van der Waals surface area contributed by atoms with Gasteiger partial charge >= 0.3 is 0 Å². The molecule has 0 amide bonds. The highest BCUT2D eigenvalue weighted by Gasteiger charge is 2.31. The van der Waals surface area contributed by atoms with Crippen LogP contribution in [-0.4, -0.2) is 28.6 Å². The highest BCUT2D eigenvalue weighted by Crippen LogP contribution is 2.40. The molecule has 1 aliphatic carbocycles. The van der Waals surface area contributed by atoms with Crippen LogP contribution in [0.4, 0.5) is 0 Å². The third-order valence-electron chi connectivity index (χ3n) is 4.83. The van der Waals surface area contributed by atoms with Crippen LogP contribution in [-0.2, 0) is 11.3 Å². The number of halogens is 1. The third-order valence-corrected chi connectivity index (χ3v) is 5.44. The summed E-state index contributed by atoms with van der Waals surface area (Å²) in [5.74, 6) is 1.91. The van der Waals surface area contributed by atoms with Crippen LogP contribution in [0.25, 0.3) is 0 Å². The molecule has 1 N–H and O–H groups in total. The van der Waals surface area contributed by atoms with Crippen LogP contribution in [0.1, 0.15) is 51.3 Å². The fourth-order valence-electron chi connectivity index (χ4n) is 3.37. The van der Waals surface area contributed by atoms with Crippen molar-refractivity contribution in [3.8, 4) is 0 Å². The van der Waals surface area contributed by atoms with Crippen molar-refractivity contribution in [1.82, 2.24) is 9.78 Å². The maximum Gasteiger partial charge on any atom is 0.0996 e. The van der Waals surface area contributed by atoms with Crippen LogP contribution in [0.15, 0.2) is 10.7 Å². The summed E-state index contributed by atoms with van der Waals surface area (Å²) >= 11 is 3.53. The highest BCUT2D eigenvalue weighted by atomic mass is 79.9. The molecule has 1 aromatic rings. The average molecular weight is 359 g/mol. The van der Waals surface area contributed by atoms with E-state index < -0.39 is 6.10 Å². The number of ether oxygens (including phenoxy) is 1.